The van der Waals surface area contributed by atoms with Crippen LogP contribution >= 0.6 is 11.6 Å². The molecule has 1 aliphatic rings. The molecule has 0 spiro atoms. The fourth-order valence-electron chi connectivity index (χ4n) is 3.75. The largest absolute Gasteiger partial charge is 0.861 e. The number of halogens is 1. The zero-order valence-electron chi connectivity index (χ0n) is 21.8. The van der Waals surface area contributed by atoms with Gasteiger partial charge in [0.2, 0.25) is 0 Å². The van der Waals surface area contributed by atoms with Gasteiger partial charge in [-0.1, -0.05) is 31.5 Å². The quantitative estimate of drug-likeness (QED) is 0.276. The van der Waals surface area contributed by atoms with Crippen molar-refractivity contribution in [3.8, 4) is 11.8 Å². The second-order valence-electron chi connectivity index (χ2n) is 9.37. The molecule has 9 nitrogen and oxygen atoms in total. The molecule has 204 valence electrons. The average molecular weight is 569 g/mol. The molecule has 1 unspecified atom stereocenters. The normalized spacial score (nSPS) is 15.7. The molecule has 1 N–H and O–H groups in total. The van der Waals surface area contributed by atoms with Crippen molar-refractivity contribution in [2.45, 2.75) is 40.2 Å². The minimum atomic E-state index is -4.14. The minimum absolute atomic E-state index is 0.101. The molecule has 0 aromatic heterocycles. The van der Waals surface area contributed by atoms with E-state index in [4.69, 9.17) is 16.3 Å². The summed E-state index contributed by atoms with van der Waals surface area (Å²) in [5, 5.41) is 24.1. The summed E-state index contributed by atoms with van der Waals surface area (Å²) in [6, 6.07) is 10.7. The number of ketones is 1. The predicted octanol–water partition coefficient (Wildman–Crippen LogP) is 3.59. The van der Waals surface area contributed by atoms with Crippen LogP contribution in [-0.4, -0.2) is 38.7 Å². The number of rotatable bonds is 9. The van der Waals surface area contributed by atoms with Crippen LogP contribution in [0.1, 0.15) is 54.2 Å². The highest BCUT2D eigenvalue weighted by Crippen LogP contribution is 2.27. The van der Waals surface area contributed by atoms with Crippen LogP contribution in [0.15, 0.2) is 63.4 Å². The number of allylic oxidation sites excluding steroid dienone is 1. The standard InChI is InChI=1S/C28H28ClN3O6S/c1-16(2)28(35)32-39(36,37)22-6-7-24(18(4)11-22)31-26(33)15-38-25-8-5-21(29)13-23(25)27(34)20-10-17(3)9-19(12-20)14-30/h5-6,8-13,16,24H,7,15H2,1-4H3,(H,31,33)(H,32,35)/p-1. The summed E-state index contributed by atoms with van der Waals surface area (Å²) in [5.74, 6) is -2.06. The highest BCUT2D eigenvalue weighted by molar-refractivity contribution is 7.94. The topological polar surface area (TPSA) is 149 Å². The van der Waals surface area contributed by atoms with Crippen LogP contribution < -0.4 is 15.2 Å². The minimum Gasteiger partial charge on any atom is -0.861 e. The predicted molar refractivity (Wildman–Crippen MR) is 146 cm³/mol. The Bertz CT molecular complexity index is 1550. The third kappa shape index (κ3) is 7.56. The maximum Gasteiger partial charge on any atom is 0.281 e. The molecule has 1 atom stereocenters. The molecule has 0 aliphatic heterocycles. The first-order chi connectivity index (χ1) is 18.3. The van der Waals surface area contributed by atoms with E-state index >= 15 is 0 Å². The Balaban J connectivity index is 1.70. The third-order valence-corrected chi connectivity index (χ3v) is 7.36. The van der Waals surface area contributed by atoms with E-state index in [0.29, 0.717) is 16.2 Å². The first-order valence-electron chi connectivity index (χ1n) is 12.0. The van der Waals surface area contributed by atoms with Crippen LogP contribution in [0.3, 0.4) is 0 Å². The van der Waals surface area contributed by atoms with Crippen molar-refractivity contribution < 1.29 is 27.9 Å². The maximum atomic E-state index is 13.2. The van der Waals surface area contributed by atoms with Crippen LogP contribution in [0.4, 0.5) is 0 Å². The van der Waals surface area contributed by atoms with Crippen LogP contribution in [0.25, 0.3) is 0 Å². The molecule has 1 aliphatic carbocycles. The van der Waals surface area contributed by atoms with Crippen molar-refractivity contribution in [2.75, 3.05) is 6.61 Å². The highest BCUT2D eigenvalue weighted by Gasteiger charge is 2.24. The van der Waals surface area contributed by atoms with Crippen molar-refractivity contribution in [3.05, 3.63) is 86.3 Å². The van der Waals surface area contributed by atoms with Crippen molar-refractivity contribution in [1.29, 1.82) is 5.26 Å². The van der Waals surface area contributed by atoms with Gasteiger partial charge >= 0.3 is 0 Å². The first-order valence-corrected chi connectivity index (χ1v) is 13.8. The monoisotopic (exact) mass is 568 g/mol. The van der Waals surface area contributed by atoms with E-state index in [1.165, 1.54) is 36.4 Å². The van der Waals surface area contributed by atoms with Crippen molar-refractivity contribution in [3.63, 3.8) is 0 Å². The maximum absolute atomic E-state index is 13.2. The second kappa shape index (κ2) is 12.3. The van der Waals surface area contributed by atoms with Crippen molar-refractivity contribution in [1.82, 2.24) is 5.32 Å². The summed E-state index contributed by atoms with van der Waals surface area (Å²) < 4.78 is 33.9. The lowest BCUT2D eigenvalue weighted by Crippen LogP contribution is -2.39. The zero-order chi connectivity index (χ0) is 28.9. The van der Waals surface area contributed by atoms with Crippen LogP contribution in [0.5, 0.6) is 5.75 Å². The molecule has 0 heterocycles. The second-order valence-corrected chi connectivity index (χ2v) is 11.4. The summed E-state index contributed by atoms with van der Waals surface area (Å²) >= 11 is 6.11. The van der Waals surface area contributed by atoms with Gasteiger partial charge in [-0.05, 0) is 85.7 Å². The lowest BCUT2D eigenvalue weighted by Gasteiger charge is -2.23. The van der Waals surface area contributed by atoms with Gasteiger partial charge in [0.25, 0.3) is 15.9 Å². The smallest absolute Gasteiger partial charge is 0.281 e. The fraction of sp³-hybridized carbons (Fsp3) is 0.286. The van der Waals surface area contributed by atoms with Crippen LogP contribution in [0.2, 0.25) is 5.02 Å². The van der Waals surface area contributed by atoms with Gasteiger partial charge in [0, 0.05) is 10.6 Å². The van der Waals surface area contributed by atoms with Gasteiger partial charge in [0.15, 0.2) is 12.4 Å². The Morgan fingerprint density at radius 3 is 2.59 bits per heavy atom. The Labute approximate surface area is 232 Å². The first kappa shape index (κ1) is 29.6. The third-order valence-electron chi connectivity index (χ3n) is 5.83. The van der Waals surface area contributed by atoms with E-state index in [9.17, 15) is 28.4 Å². The molecule has 3 rings (SSSR count). The Kier molecular flexibility index (Phi) is 9.32. The number of benzene rings is 2. The number of nitrogens with one attached hydrogen (secondary N) is 1. The fourth-order valence-corrected chi connectivity index (χ4v) is 5.12. The van der Waals surface area contributed by atoms with E-state index < -0.39 is 46.2 Å². The molecule has 2 aromatic rings. The zero-order valence-corrected chi connectivity index (χ0v) is 23.4. The molecule has 0 radical (unpaired) electrons. The van der Waals surface area contributed by atoms with Gasteiger partial charge in [-0.2, -0.15) is 18.1 Å². The number of nitriles is 1. The van der Waals surface area contributed by atoms with E-state index in [0.717, 1.165) is 5.56 Å². The number of carbonyl (C=O) groups is 2. The van der Waals surface area contributed by atoms with Gasteiger partial charge in [-0.25, -0.2) is 0 Å². The Morgan fingerprint density at radius 1 is 1.23 bits per heavy atom. The molecular weight excluding hydrogens is 542 g/mol. The Morgan fingerprint density at radius 2 is 1.95 bits per heavy atom. The van der Waals surface area contributed by atoms with E-state index in [1.807, 2.05) is 6.07 Å². The van der Waals surface area contributed by atoms with Gasteiger partial charge < -0.3 is 15.2 Å². The molecule has 0 bridgehead atoms. The van der Waals surface area contributed by atoms with E-state index in [2.05, 4.69) is 9.71 Å². The molecule has 0 fully saturated rings. The molecule has 1 amide bonds. The molecule has 2 aromatic carbocycles. The molecule has 0 saturated carbocycles. The number of carbonyl (C=O) groups excluding carboxylic acids is 2. The molecule has 11 heteroatoms. The SMILES string of the molecule is CC1=CC(S(=O)(=O)N=C([O-])C(C)C)=CCC1NC(=O)COc1ccc(Cl)cc1C(=O)c1cc(C)cc(C#N)c1. The number of nitrogens with zero attached hydrogens (tertiary/aromatic N) is 2. The van der Waals surface area contributed by atoms with Crippen molar-refractivity contribution in [2.24, 2.45) is 10.3 Å². The summed E-state index contributed by atoms with van der Waals surface area (Å²) in [6.07, 6.45) is 2.95. The summed E-state index contributed by atoms with van der Waals surface area (Å²) in [7, 11) is -4.14. The number of hydrogen-bond donors (Lipinski definition) is 1. The Hall–Kier alpha value is -3.94. The number of aryl methyl sites for hydroxylation is 1. The van der Waals surface area contributed by atoms with E-state index in [1.54, 1.807) is 39.8 Å². The highest BCUT2D eigenvalue weighted by atomic mass is 35.5. The lowest BCUT2D eigenvalue weighted by atomic mass is 9.98. The summed E-state index contributed by atoms with van der Waals surface area (Å²) in [6.45, 7) is 6.12. The number of sulfonamides is 1. The van der Waals surface area contributed by atoms with Gasteiger partial charge in [-0.3, -0.25) is 9.59 Å². The lowest BCUT2D eigenvalue weighted by molar-refractivity contribution is -0.222. The number of hydrogen-bond acceptors (Lipinski definition) is 7. The van der Waals surface area contributed by atoms with E-state index in [-0.39, 0.29) is 28.2 Å². The van der Waals surface area contributed by atoms with Gasteiger partial charge in [-0.15, -0.1) is 0 Å². The molecular formula is C28H27ClN3O6S-. The van der Waals surface area contributed by atoms with Gasteiger partial charge in [0.05, 0.1) is 28.1 Å². The molecule has 39 heavy (non-hydrogen) atoms. The average Bonchev–Trinajstić information content (AvgIpc) is 2.87. The number of ether oxygens (including phenoxy) is 1. The number of amides is 1. The summed E-state index contributed by atoms with van der Waals surface area (Å²) in [5.41, 5.74) is 2.05. The van der Waals surface area contributed by atoms with Crippen molar-refractivity contribution >= 4 is 39.2 Å². The van der Waals surface area contributed by atoms with Crippen LogP contribution in [0, 0.1) is 24.2 Å². The van der Waals surface area contributed by atoms with Gasteiger partial charge in [0.1, 0.15) is 5.75 Å². The van der Waals surface area contributed by atoms with Crippen LogP contribution in [-0.2, 0) is 14.8 Å². The molecule has 0 saturated heterocycles. The summed E-state index contributed by atoms with van der Waals surface area (Å²) in [4.78, 5) is 25.8.